The first-order chi connectivity index (χ1) is 9.16. The number of amides is 1. The number of hydrogen-bond donors (Lipinski definition) is 2. The first kappa shape index (κ1) is 14.1. The number of carbonyl (C=O) groups is 1. The average molecular weight is 328 g/mol. The van der Waals surface area contributed by atoms with Crippen molar-refractivity contribution in [3.63, 3.8) is 0 Å². The Balaban J connectivity index is 1.74. The molecule has 0 aliphatic carbocycles. The van der Waals surface area contributed by atoms with Crippen molar-refractivity contribution < 1.29 is 9.53 Å². The Bertz CT molecular complexity index is 454. The average Bonchev–Trinajstić information content (AvgIpc) is 2.40. The van der Waals surface area contributed by atoms with Gasteiger partial charge in [0.1, 0.15) is 6.61 Å². The van der Waals surface area contributed by atoms with Crippen LogP contribution in [0, 0.1) is 0 Å². The number of benzene rings is 1. The van der Waals surface area contributed by atoms with E-state index in [1.807, 2.05) is 23.1 Å². The Morgan fingerprint density at radius 2 is 2.32 bits per heavy atom. The van der Waals surface area contributed by atoms with Gasteiger partial charge in [0.15, 0.2) is 0 Å². The highest BCUT2D eigenvalue weighted by Gasteiger charge is 2.17. The molecule has 0 saturated carbocycles. The van der Waals surface area contributed by atoms with Crippen LogP contribution < -0.4 is 11.1 Å². The minimum atomic E-state index is 0.0771. The lowest BCUT2D eigenvalue weighted by atomic mass is 10.2. The van der Waals surface area contributed by atoms with Crippen molar-refractivity contribution in [2.24, 2.45) is 0 Å². The molecule has 19 heavy (non-hydrogen) atoms. The van der Waals surface area contributed by atoms with E-state index in [2.05, 4.69) is 21.2 Å². The highest BCUT2D eigenvalue weighted by atomic mass is 79.9. The summed E-state index contributed by atoms with van der Waals surface area (Å²) in [6, 6.07) is 5.72. The van der Waals surface area contributed by atoms with Gasteiger partial charge in [-0.1, -0.05) is 15.9 Å². The molecule has 1 fully saturated rings. The predicted molar refractivity (Wildman–Crippen MR) is 79.1 cm³/mol. The van der Waals surface area contributed by atoms with Crippen LogP contribution in [-0.4, -0.2) is 43.7 Å². The fourth-order valence-corrected chi connectivity index (χ4v) is 2.32. The molecule has 5 nitrogen and oxygen atoms in total. The van der Waals surface area contributed by atoms with E-state index >= 15 is 0 Å². The molecule has 0 radical (unpaired) electrons. The van der Waals surface area contributed by atoms with E-state index in [1.165, 1.54) is 0 Å². The number of nitrogens with zero attached hydrogens (tertiary/aromatic N) is 1. The fourth-order valence-electron chi connectivity index (χ4n) is 1.96. The number of anilines is 2. The largest absolute Gasteiger partial charge is 0.397 e. The standard InChI is InChI=1S/C13H18BrN3O2/c14-10-2-3-11(15)12(8-10)16-4-1-5-17-6-7-19-9-13(17)18/h2-3,8,16H,1,4-7,9,15H2. The van der Waals surface area contributed by atoms with Gasteiger partial charge in [-0.2, -0.15) is 0 Å². The molecule has 1 aliphatic heterocycles. The molecule has 1 saturated heterocycles. The molecule has 1 amide bonds. The molecule has 1 heterocycles. The first-order valence-electron chi connectivity index (χ1n) is 6.31. The van der Waals surface area contributed by atoms with Gasteiger partial charge in [0, 0.05) is 24.1 Å². The molecule has 0 bridgehead atoms. The summed E-state index contributed by atoms with van der Waals surface area (Å²) in [5.41, 5.74) is 7.52. The van der Waals surface area contributed by atoms with Gasteiger partial charge < -0.3 is 20.7 Å². The fraction of sp³-hybridized carbons (Fsp3) is 0.462. The van der Waals surface area contributed by atoms with Crippen molar-refractivity contribution in [1.82, 2.24) is 4.90 Å². The summed E-state index contributed by atoms with van der Waals surface area (Å²) < 4.78 is 6.08. The zero-order valence-electron chi connectivity index (χ0n) is 10.7. The molecule has 0 aromatic heterocycles. The second kappa shape index (κ2) is 6.77. The molecule has 1 aliphatic rings. The zero-order valence-corrected chi connectivity index (χ0v) is 12.3. The van der Waals surface area contributed by atoms with Crippen LogP contribution in [-0.2, 0) is 9.53 Å². The predicted octanol–water partition coefficient (Wildman–Crippen LogP) is 1.69. The highest BCUT2D eigenvalue weighted by molar-refractivity contribution is 9.10. The van der Waals surface area contributed by atoms with Crippen LogP contribution in [0.2, 0.25) is 0 Å². The van der Waals surface area contributed by atoms with Gasteiger partial charge in [-0.15, -0.1) is 0 Å². The van der Waals surface area contributed by atoms with E-state index in [9.17, 15) is 4.79 Å². The summed E-state index contributed by atoms with van der Waals surface area (Å²) in [4.78, 5) is 13.4. The zero-order chi connectivity index (χ0) is 13.7. The second-order valence-electron chi connectivity index (χ2n) is 4.45. The van der Waals surface area contributed by atoms with Crippen molar-refractivity contribution in [1.29, 1.82) is 0 Å². The van der Waals surface area contributed by atoms with Crippen molar-refractivity contribution >= 4 is 33.2 Å². The number of carbonyl (C=O) groups excluding carboxylic acids is 1. The molecule has 6 heteroatoms. The Labute approximate surface area is 121 Å². The van der Waals surface area contributed by atoms with Gasteiger partial charge >= 0.3 is 0 Å². The number of morpholine rings is 1. The van der Waals surface area contributed by atoms with Gasteiger partial charge in [0.05, 0.1) is 18.0 Å². The number of nitrogens with two attached hydrogens (primary N) is 1. The van der Waals surface area contributed by atoms with E-state index in [0.717, 1.165) is 35.4 Å². The Morgan fingerprint density at radius 1 is 1.47 bits per heavy atom. The summed E-state index contributed by atoms with van der Waals surface area (Å²) >= 11 is 3.41. The van der Waals surface area contributed by atoms with Crippen molar-refractivity contribution in [2.45, 2.75) is 6.42 Å². The molecule has 2 rings (SSSR count). The normalized spacial score (nSPS) is 15.6. The van der Waals surface area contributed by atoms with Gasteiger partial charge in [0.25, 0.3) is 0 Å². The van der Waals surface area contributed by atoms with Crippen molar-refractivity contribution in [3.05, 3.63) is 22.7 Å². The van der Waals surface area contributed by atoms with E-state index in [1.54, 1.807) is 0 Å². The van der Waals surface area contributed by atoms with E-state index in [0.29, 0.717) is 13.2 Å². The maximum absolute atomic E-state index is 11.5. The first-order valence-corrected chi connectivity index (χ1v) is 7.10. The van der Waals surface area contributed by atoms with E-state index in [-0.39, 0.29) is 12.5 Å². The maximum Gasteiger partial charge on any atom is 0.248 e. The van der Waals surface area contributed by atoms with Crippen molar-refractivity contribution in [3.8, 4) is 0 Å². The summed E-state index contributed by atoms with van der Waals surface area (Å²) in [6.07, 6.45) is 0.887. The van der Waals surface area contributed by atoms with Crippen LogP contribution in [0.1, 0.15) is 6.42 Å². The van der Waals surface area contributed by atoms with Gasteiger partial charge in [0.2, 0.25) is 5.91 Å². The summed E-state index contributed by atoms with van der Waals surface area (Å²) in [7, 11) is 0. The molecule has 1 aromatic carbocycles. The number of ether oxygens (including phenoxy) is 1. The number of nitrogen functional groups attached to an aromatic ring is 1. The molecule has 0 spiro atoms. The third-order valence-electron chi connectivity index (χ3n) is 3.02. The van der Waals surface area contributed by atoms with Crippen LogP contribution in [0.4, 0.5) is 11.4 Å². The Hall–Kier alpha value is -1.27. The third-order valence-corrected chi connectivity index (χ3v) is 3.51. The molecule has 104 valence electrons. The minimum Gasteiger partial charge on any atom is -0.397 e. The van der Waals surface area contributed by atoms with Crippen LogP contribution in [0.5, 0.6) is 0 Å². The SMILES string of the molecule is Nc1ccc(Br)cc1NCCCN1CCOCC1=O. The van der Waals surface area contributed by atoms with Gasteiger partial charge in [-0.25, -0.2) is 0 Å². The Morgan fingerprint density at radius 3 is 3.11 bits per heavy atom. The molecular formula is C13H18BrN3O2. The van der Waals surface area contributed by atoms with E-state index in [4.69, 9.17) is 10.5 Å². The number of halogens is 1. The summed E-state index contributed by atoms with van der Waals surface area (Å²) in [5.74, 6) is 0.0771. The van der Waals surface area contributed by atoms with Crippen LogP contribution >= 0.6 is 15.9 Å². The second-order valence-corrected chi connectivity index (χ2v) is 5.36. The van der Waals surface area contributed by atoms with Crippen LogP contribution in [0.25, 0.3) is 0 Å². The monoisotopic (exact) mass is 327 g/mol. The summed E-state index contributed by atoms with van der Waals surface area (Å²) in [5, 5.41) is 3.28. The molecule has 0 atom stereocenters. The highest BCUT2D eigenvalue weighted by Crippen LogP contribution is 2.23. The molecule has 0 unspecified atom stereocenters. The minimum absolute atomic E-state index is 0.0771. The lowest BCUT2D eigenvalue weighted by Crippen LogP contribution is -2.42. The third kappa shape index (κ3) is 4.11. The van der Waals surface area contributed by atoms with Gasteiger partial charge in [-0.05, 0) is 24.6 Å². The molecule has 3 N–H and O–H groups in total. The topological polar surface area (TPSA) is 67.6 Å². The van der Waals surface area contributed by atoms with Crippen LogP contribution in [0.15, 0.2) is 22.7 Å². The maximum atomic E-state index is 11.5. The van der Waals surface area contributed by atoms with Crippen molar-refractivity contribution in [2.75, 3.05) is 43.9 Å². The molecular weight excluding hydrogens is 310 g/mol. The summed E-state index contributed by atoms with van der Waals surface area (Å²) in [6.45, 7) is 3.08. The van der Waals surface area contributed by atoms with Crippen LogP contribution in [0.3, 0.4) is 0 Å². The lowest BCUT2D eigenvalue weighted by molar-refractivity contribution is -0.142. The number of rotatable bonds is 5. The van der Waals surface area contributed by atoms with E-state index < -0.39 is 0 Å². The number of nitrogens with one attached hydrogen (secondary N) is 1. The number of hydrogen-bond acceptors (Lipinski definition) is 4. The smallest absolute Gasteiger partial charge is 0.248 e. The lowest BCUT2D eigenvalue weighted by Gasteiger charge is -2.26. The molecule has 1 aromatic rings. The quantitative estimate of drug-likeness (QED) is 0.638. The Kier molecular flexibility index (Phi) is 5.04. The van der Waals surface area contributed by atoms with Gasteiger partial charge in [-0.3, -0.25) is 4.79 Å².